The largest absolute Gasteiger partial charge is 0.489 e. The fourth-order valence-corrected chi connectivity index (χ4v) is 6.29. The molecule has 0 spiro atoms. The molecule has 1 saturated carbocycles. The van der Waals surface area contributed by atoms with Gasteiger partial charge in [-0.05, 0) is 56.3 Å². The second kappa shape index (κ2) is 13.2. The Balaban J connectivity index is 1.33. The van der Waals surface area contributed by atoms with Crippen LogP contribution in [0.4, 0.5) is 5.69 Å². The van der Waals surface area contributed by atoms with Crippen LogP contribution in [-0.4, -0.2) is 71.8 Å². The van der Waals surface area contributed by atoms with Crippen molar-refractivity contribution in [3.63, 3.8) is 0 Å². The van der Waals surface area contributed by atoms with Crippen LogP contribution in [0.3, 0.4) is 0 Å². The van der Waals surface area contributed by atoms with Gasteiger partial charge in [-0.1, -0.05) is 25.7 Å². The molecule has 1 aliphatic heterocycles. The number of ether oxygens (including phenoxy) is 2. The van der Waals surface area contributed by atoms with Crippen LogP contribution < -0.4 is 10.1 Å². The van der Waals surface area contributed by atoms with Crippen molar-refractivity contribution in [3.05, 3.63) is 48.4 Å². The van der Waals surface area contributed by atoms with Gasteiger partial charge < -0.3 is 24.5 Å². The molecule has 2 fully saturated rings. The Hall–Kier alpha value is -3.57. The van der Waals surface area contributed by atoms with E-state index < -0.39 is 8.07 Å². The van der Waals surface area contributed by atoms with E-state index in [0.717, 1.165) is 48.9 Å². The molecule has 5 rings (SSSR count). The van der Waals surface area contributed by atoms with E-state index in [1.165, 1.54) is 0 Å². The van der Waals surface area contributed by atoms with Gasteiger partial charge in [-0.15, -0.1) is 0 Å². The van der Waals surface area contributed by atoms with E-state index in [1.807, 2.05) is 23.0 Å². The third kappa shape index (κ3) is 7.43. The molecule has 2 aromatic heterocycles. The molecule has 10 nitrogen and oxygen atoms in total. The normalized spacial score (nSPS) is 21.1. The lowest BCUT2D eigenvalue weighted by molar-refractivity contribution is -0.135. The Bertz CT molecular complexity index is 1400. The maximum Gasteiger partial charge on any atom is 0.274 e. The fourth-order valence-electron chi connectivity index (χ4n) is 5.53. The minimum atomic E-state index is -1.22. The number of hydrogen-bond donors (Lipinski definition) is 1. The van der Waals surface area contributed by atoms with Crippen molar-refractivity contribution in [3.8, 4) is 5.75 Å². The highest BCUT2D eigenvalue weighted by molar-refractivity contribution is 6.76. The molecule has 1 N–H and O–H groups in total. The number of aromatic nitrogens is 3. The average molecular weight is 592 g/mol. The SMILES string of the molecule is C[Si](C)(C)CCOCN1C(=O)CC[C@@H]1COc1cc2nn([C@H]3CC[C@H](C=O)CC3)cc2cc1NC(=O)c1ccccn1. The minimum absolute atomic E-state index is 0.0683. The number of fused-ring (bicyclic) bond motifs is 1. The number of hydrogen-bond acceptors (Lipinski definition) is 7. The second-order valence-corrected chi connectivity index (χ2v) is 18.2. The summed E-state index contributed by atoms with van der Waals surface area (Å²) >= 11 is 0. The highest BCUT2D eigenvalue weighted by atomic mass is 28.3. The van der Waals surface area contributed by atoms with Crippen LogP contribution in [0.25, 0.3) is 10.9 Å². The highest BCUT2D eigenvalue weighted by Crippen LogP contribution is 2.35. The number of likely N-dealkylation sites (tertiary alicyclic amines) is 1. The van der Waals surface area contributed by atoms with E-state index in [9.17, 15) is 14.4 Å². The predicted octanol–water partition coefficient (Wildman–Crippen LogP) is 5.30. The summed E-state index contributed by atoms with van der Waals surface area (Å²) < 4.78 is 14.2. The Morgan fingerprint density at radius 2 is 1.95 bits per heavy atom. The zero-order chi connectivity index (χ0) is 29.7. The summed E-state index contributed by atoms with van der Waals surface area (Å²) in [5.41, 5.74) is 1.58. The highest BCUT2D eigenvalue weighted by Gasteiger charge is 2.32. The lowest BCUT2D eigenvalue weighted by Gasteiger charge is -2.26. The van der Waals surface area contributed by atoms with Gasteiger partial charge in [0, 0.05) is 50.9 Å². The molecule has 2 amide bonds. The van der Waals surface area contributed by atoms with E-state index >= 15 is 0 Å². The molecule has 1 atom stereocenters. The number of benzene rings is 1. The summed E-state index contributed by atoms with van der Waals surface area (Å²) in [6.07, 6.45) is 9.31. The van der Waals surface area contributed by atoms with Crippen LogP contribution in [0.2, 0.25) is 25.7 Å². The van der Waals surface area contributed by atoms with E-state index in [-0.39, 0.29) is 43.2 Å². The Kier molecular flexibility index (Phi) is 9.37. The molecule has 0 bridgehead atoms. The van der Waals surface area contributed by atoms with E-state index in [1.54, 1.807) is 29.3 Å². The standard InChI is InChI=1S/C31H41N5O5Si/c1-42(2,3)15-14-40-21-35-25(11-12-30(35)38)20-41-29-17-27-23(16-28(29)33-31(39)26-6-4-5-13-32-26)18-36(34-27)24-9-7-22(19-37)8-10-24/h4-6,13,16-19,22,24-25H,7-12,14-15,20-21H2,1-3H3,(H,33,39)/t22-,24-,25-/m1/s1. The van der Waals surface area contributed by atoms with Gasteiger partial charge in [0.2, 0.25) is 5.91 Å². The smallest absolute Gasteiger partial charge is 0.274 e. The monoisotopic (exact) mass is 591 g/mol. The third-order valence-electron chi connectivity index (χ3n) is 8.19. The lowest BCUT2D eigenvalue weighted by Crippen LogP contribution is -2.39. The Morgan fingerprint density at radius 3 is 2.67 bits per heavy atom. The Morgan fingerprint density at radius 1 is 1.14 bits per heavy atom. The van der Waals surface area contributed by atoms with E-state index in [2.05, 4.69) is 29.9 Å². The molecule has 42 heavy (non-hydrogen) atoms. The fraction of sp³-hybridized carbons (Fsp3) is 0.516. The van der Waals surface area contributed by atoms with E-state index in [0.29, 0.717) is 36.6 Å². The number of anilines is 1. The number of carbonyl (C=O) groups is 3. The molecule has 0 radical (unpaired) electrons. The summed E-state index contributed by atoms with van der Waals surface area (Å²) in [4.78, 5) is 42.8. The number of nitrogens with one attached hydrogen (secondary N) is 1. The summed E-state index contributed by atoms with van der Waals surface area (Å²) in [6, 6.07) is 10.1. The molecule has 3 heterocycles. The van der Waals surface area contributed by atoms with Crippen molar-refractivity contribution in [2.24, 2.45) is 5.92 Å². The number of aldehydes is 1. The Labute approximate surface area is 247 Å². The van der Waals surface area contributed by atoms with Gasteiger partial charge >= 0.3 is 0 Å². The van der Waals surface area contributed by atoms with Crippen LogP contribution in [0.1, 0.15) is 55.1 Å². The van der Waals surface area contributed by atoms with Crippen molar-refractivity contribution < 1.29 is 23.9 Å². The van der Waals surface area contributed by atoms with Crippen molar-refractivity contribution in [1.82, 2.24) is 19.7 Å². The van der Waals surface area contributed by atoms with Crippen LogP contribution in [-0.2, 0) is 14.3 Å². The number of amides is 2. The number of carbonyl (C=O) groups excluding carboxylic acids is 3. The summed E-state index contributed by atoms with van der Waals surface area (Å²) in [7, 11) is -1.22. The van der Waals surface area contributed by atoms with Gasteiger partial charge in [0.1, 0.15) is 31.1 Å². The summed E-state index contributed by atoms with van der Waals surface area (Å²) in [6.45, 7) is 8.09. The van der Waals surface area contributed by atoms with Crippen LogP contribution >= 0.6 is 0 Å². The quantitative estimate of drug-likeness (QED) is 0.173. The second-order valence-electron chi connectivity index (χ2n) is 12.6. The van der Waals surface area contributed by atoms with Gasteiger partial charge in [-0.2, -0.15) is 5.10 Å². The molecule has 1 saturated heterocycles. The predicted molar refractivity (Wildman–Crippen MR) is 163 cm³/mol. The van der Waals surface area contributed by atoms with Gasteiger partial charge in [-0.3, -0.25) is 19.3 Å². The first-order valence-corrected chi connectivity index (χ1v) is 18.6. The lowest BCUT2D eigenvalue weighted by atomic mass is 9.87. The first kappa shape index (κ1) is 29.9. The molecular weight excluding hydrogens is 550 g/mol. The first-order valence-electron chi connectivity index (χ1n) is 14.9. The summed E-state index contributed by atoms with van der Waals surface area (Å²) in [5.74, 6) is 0.347. The van der Waals surface area contributed by atoms with Crippen LogP contribution in [0, 0.1) is 5.92 Å². The zero-order valence-electron chi connectivity index (χ0n) is 24.8. The maximum atomic E-state index is 13.0. The van der Waals surface area contributed by atoms with Gasteiger partial charge in [0.25, 0.3) is 5.91 Å². The number of pyridine rings is 1. The minimum Gasteiger partial charge on any atom is -0.489 e. The van der Waals surface area contributed by atoms with Gasteiger partial charge in [0.05, 0.1) is 23.3 Å². The third-order valence-corrected chi connectivity index (χ3v) is 9.89. The van der Waals surface area contributed by atoms with Crippen molar-refractivity contribution in [1.29, 1.82) is 0 Å². The molecule has 0 unspecified atom stereocenters. The van der Waals surface area contributed by atoms with Gasteiger partial charge in [-0.25, -0.2) is 0 Å². The number of nitrogens with zero attached hydrogens (tertiary/aromatic N) is 4. The molecule has 1 aromatic carbocycles. The van der Waals surface area contributed by atoms with Crippen LogP contribution in [0.5, 0.6) is 5.75 Å². The van der Waals surface area contributed by atoms with Crippen molar-refractivity contribution in [2.45, 2.75) is 76.3 Å². The molecule has 11 heteroatoms. The van der Waals surface area contributed by atoms with Crippen molar-refractivity contribution >= 4 is 42.8 Å². The molecule has 1 aliphatic carbocycles. The average Bonchev–Trinajstić information content (AvgIpc) is 3.56. The first-order chi connectivity index (χ1) is 20.2. The van der Waals surface area contributed by atoms with Crippen LogP contribution in [0.15, 0.2) is 42.7 Å². The maximum absolute atomic E-state index is 13.0. The molecule has 224 valence electrons. The molecule has 3 aromatic rings. The van der Waals surface area contributed by atoms with Crippen molar-refractivity contribution in [2.75, 3.05) is 25.3 Å². The summed E-state index contributed by atoms with van der Waals surface area (Å²) in [5, 5.41) is 8.69. The molecular formula is C31H41N5O5Si. The van der Waals surface area contributed by atoms with Gasteiger partial charge in [0.15, 0.2) is 0 Å². The molecule has 2 aliphatic rings. The number of rotatable bonds is 12. The zero-order valence-corrected chi connectivity index (χ0v) is 25.8. The van der Waals surface area contributed by atoms with E-state index in [4.69, 9.17) is 14.6 Å². The topological polar surface area (TPSA) is 116 Å².